The van der Waals surface area contributed by atoms with Crippen molar-refractivity contribution in [3.05, 3.63) is 95.7 Å². The molecule has 30 heavy (non-hydrogen) atoms. The summed E-state index contributed by atoms with van der Waals surface area (Å²) in [6.45, 7) is 3.51. The highest BCUT2D eigenvalue weighted by molar-refractivity contribution is 6.08. The fourth-order valence-corrected chi connectivity index (χ4v) is 3.13. The van der Waals surface area contributed by atoms with E-state index in [1.165, 1.54) is 6.92 Å². The predicted molar refractivity (Wildman–Crippen MR) is 117 cm³/mol. The molecule has 0 spiro atoms. The normalized spacial score (nSPS) is 10.6. The molecular weight excluding hydrogens is 376 g/mol. The molecule has 0 saturated heterocycles. The van der Waals surface area contributed by atoms with Gasteiger partial charge in [0.05, 0.1) is 11.8 Å². The zero-order valence-electron chi connectivity index (χ0n) is 16.7. The van der Waals surface area contributed by atoms with Crippen molar-refractivity contribution >= 4 is 17.4 Å². The van der Waals surface area contributed by atoms with E-state index in [4.69, 9.17) is 4.42 Å². The van der Waals surface area contributed by atoms with Crippen molar-refractivity contribution in [3.63, 3.8) is 0 Å². The lowest BCUT2D eigenvalue weighted by Gasteiger charge is -2.09. The van der Waals surface area contributed by atoms with E-state index in [-0.39, 0.29) is 11.7 Å². The second-order valence-corrected chi connectivity index (χ2v) is 7.03. The fourth-order valence-electron chi connectivity index (χ4n) is 3.13. The van der Waals surface area contributed by atoms with E-state index in [9.17, 15) is 9.59 Å². The molecule has 0 unspecified atom stereocenters. The molecule has 0 fully saturated rings. The molecule has 0 aliphatic rings. The van der Waals surface area contributed by atoms with Crippen LogP contribution in [0.5, 0.6) is 0 Å². The van der Waals surface area contributed by atoms with Crippen LogP contribution in [0.3, 0.4) is 0 Å². The maximum Gasteiger partial charge on any atom is 0.256 e. The number of oxazole rings is 1. The number of nitrogens with one attached hydrogen (secondary N) is 1. The first kappa shape index (κ1) is 19.3. The van der Waals surface area contributed by atoms with Crippen LogP contribution in [0.15, 0.2) is 83.4 Å². The molecule has 0 aliphatic carbocycles. The average molecular weight is 396 g/mol. The molecule has 1 aromatic heterocycles. The largest absolute Gasteiger partial charge is 0.436 e. The highest BCUT2D eigenvalue weighted by atomic mass is 16.4. The smallest absolute Gasteiger partial charge is 0.256 e. The minimum Gasteiger partial charge on any atom is -0.436 e. The second kappa shape index (κ2) is 8.17. The van der Waals surface area contributed by atoms with Crippen LogP contribution in [0.1, 0.15) is 33.2 Å². The first-order chi connectivity index (χ1) is 14.5. The summed E-state index contributed by atoms with van der Waals surface area (Å²) in [6.07, 6.45) is 1.66. The molecule has 0 atom stereocenters. The first-order valence-corrected chi connectivity index (χ1v) is 9.56. The molecule has 0 bridgehead atoms. The summed E-state index contributed by atoms with van der Waals surface area (Å²) in [5.74, 6) is 0.638. The van der Waals surface area contributed by atoms with Gasteiger partial charge >= 0.3 is 0 Å². The van der Waals surface area contributed by atoms with Crippen LogP contribution < -0.4 is 5.32 Å². The van der Waals surface area contributed by atoms with Gasteiger partial charge < -0.3 is 9.73 Å². The van der Waals surface area contributed by atoms with E-state index < -0.39 is 0 Å². The highest BCUT2D eigenvalue weighted by Crippen LogP contribution is 2.29. The molecule has 5 heteroatoms. The van der Waals surface area contributed by atoms with Gasteiger partial charge in [-0.15, -0.1) is 0 Å². The predicted octanol–water partition coefficient (Wildman–Crippen LogP) is 5.77. The standard InChI is InChI=1S/C25H20N2O3/c1-16-10-12-18(13-11-16)23-15-26-25(30-23)22-9-4-3-8-21(22)24(29)27-20-7-5-6-19(14-20)17(2)28/h3-15H,1-2H3,(H,27,29). The lowest BCUT2D eigenvalue weighted by molar-refractivity contribution is 0.101. The lowest BCUT2D eigenvalue weighted by atomic mass is 10.1. The van der Waals surface area contributed by atoms with E-state index in [2.05, 4.69) is 10.3 Å². The van der Waals surface area contributed by atoms with Crippen molar-refractivity contribution in [2.75, 3.05) is 5.32 Å². The minimum absolute atomic E-state index is 0.0603. The molecule has 148 valence electrons. The first-order valence-electron chi connectivity index (χ1n) is 9.56. The molecule has 0 saturated carbocycles. The van der Waals surface area contributed by atoms with E-state index in [0.717, 1.165) is 11.1 Å². The molecule has 1 N–H and O–H groups in total. The zero-order valence-corrected chi connectivity index (χ0v) is 16.7. The van der Waals surface area contributed by atoms with Crippen molar-refractivity contribution in [2.45, 2.75) is 13.8 Å². The van der Waals surface area contributed by atoms with Crippen LogP contribution in [-0.4, -0.2) is 16.7 Å². The fraction of sp³-hybridized carbons (Fsp3) is 0.0800. The van der Waals surface area contributed by atoms with Crippen molar-refractivity contribution in [1.29, 1.82) is 0 Å². The SMILES string of the molecule is CC(=O)c1cccc(NC(=O)c2ccccc2-c2ncc(-c3ccc(C)cc3)o2)c1. The van der Waals surface area contributed by atoms with Crippen LogP contribution in [0.2, 0.25) is 0 Å². The van der Waals surface area contributed by atoms with Gasteiger partial charge in [0.2, 0.25) is 5.89 Å². The Hall–Kier alpha value is -3.99. The number of aromatic nitrogens is 1. The highest BCUT2D eigenvalue weighted by Gasteiger charge is 2.17. The van der Waals surface area contributed by atoms with Gasteiger partial charge in [-0.3, -0.25) is 9.59 Å². The van der Waals surface area contributed by atoms with Crippen LogP contribution in [-0.2, 0) is 0 Å². The number of aryl methyl sites for hydroxylation is 1. The molecule has 1 heterocycles. The Morgan fingerprint density at radius 1 is 0.933 bits per heavy atom. The van der Waals surface area contributed by atoms with Crippen LogP contribution in [0, 0.1) is 6.92 Å². The number of amides is 1. The van der Waals surface area contributed by atoms with Crippen molar-refractivity contribution in [3.8, 4) is 22.8 Å². The van der Waals surface area contributed by atoms with E-state index in [0.29, 0.717) is 34.0 Å². The number of hydrogen-bond donors (Lipinski definition) is 1. The van der Waals surface area contributed by atoms with Gasteiger partial charge in [-0.05, 0) is 38.1 Å². The number of hydrogen-bond acceptors (Lipinski definition) is 4. The maximum atomic E-state index is 12.9. The number of carbonyl (C=O) groups excluding carboxylic acids is 2. The molecule has 4 aromatic rings. The van der Waals surface area contributed by atoms with Gasteiger partial charge in [0.25, 0.3) is 5.91 Å². The molecular formula is C25H20N2O3. The lowest BCUT2D eigenvalue weighted by Crippen LogP contribution is -2.13. The van der Waals surface area contributed by atoms with Crippen molar-refractivity contribution in [1.82, 2.24) is 4.98 Å². The van der Waals surface area contributed by atoms with Gasteiger partial charge in [-0.2, -0.15) is 0 Å². The van der Waals surface area contributed by atoms with Gasteiger partial charge in [0.15, 0.2) is 11.5 Å². The summed E-state index contributed by atoms with van der Waals surface area (Å²) in [4.78, 5) is 28.9. The number of benzene rings is 3. The van der Waals surface area contributed by atoms with E-state index >= 15 is 0 Å². The zero-order chi connectivity index (χ0) is 21.1. The van der Waals surface area contributed by atoms with Crippen LogP contribution in [0.4, 0.5) is 5.69 Å². The topological polar surface area (TPSA) is 72.2 Å². The summed E-state index contributed by atoms with van der Waals surface area (Å²) in [5, 5.41) is 2.85. The second-order valence-electron chi connectivity index (χ2n) is 7.03. The summed E-state index contributed by atoms with van der Waals surface area (Å²) >= 11 is 0. The van der Waals surface area contributed by atoms with Crippen molar-refractivity contribution < 1.29 is 14.0 Å². The number of carbonyl (C=O) groups is 2. The Morgan fingerprint density at radius 2 is 1.70 bits per heavy atom. The minimum atomic E-state index is -0.304. The molecule has 3 aromatic carbocycles. The monoisotopic (exact) mass is 396 g/mol. The number of nitrogens with zero attached hydrogens (tertiary/aromatic N) is 1. The Morgan fingerprint density at radius 3 is 2.47 bits per heavy atom. The Bertz CT molecular complexity index is 1220. The van der Waals surface area contributed by atoms with Gasteiger partial charge in [-0.25, -0.2) is 4.98 Å². The van der Waals surface area contributed by atoms with Crippen molar-refractivity contribution in [2.24, 2.45) is 0 Å². The van der Waals surface area contributed by atoms with Gasteiger partial charge in [0.1, 0.15) is 0 Å². The van der Waals surface area contributed by atoms with E-state index in [1.807, 2.05) is 37.3 Å². The Kier molecular flexibility index (Phi) is 5.26. The van der Waals surface area contributed by atoms with Gasteiger partial charge in [-0.1, -0.05) is 54.1 Å². The Balaban J connectivity index is 1.63. The summed E-state index contributed by atoms with van der Waals surface area (Å²) < 4.78 is 5.95. The number of Topliss-reactive ketones (excluding diaryl/α,β-unsaturated/α-hetero) is 1. The molecule has 1 amide bonds. The molecule has 5 nitrogen and oxygen atoms in total. The van der Waals surface area contributed by atoms with Gasteiger partial charge in [0, 0.05) is 22.4 Å². The summed E-state index contributed by atoms with van der Waals surface area (Å²) in [5.41, 5.74) is 4.20. The molecule has 0 radical (unpaired) electrons. The molecule has 4 rings (SSSR count). The number of ketones is 1. The third-order valence-electron chi connectivity index (χ3n) is 4.77. The van der Waals surface area contributed by atoms with E-state index in [1.54, 1.807) is 48.7 Å². The quantitative estimate of drug-likeness (QED) is 0.435. The Labute approximate surface area is 174 Å². The third-order valence-corrected chi connectivity index (χ3v) is 4.77. The average Bonchev–Trinajstić information content (AvgIpc) is 3.24. The third kappa shape index (κ3) is 4.05. The van der Waals surface area contributed by atoms with Crippen LogP contribution in [0.25, 0.3) is 22.8 Å². The maximum absolute atomic E-state index is 12.9. The number of anilines is 1. The van der Waals surface area contributed by atoms with Crippen LogP contribution >= 0.6 is 0 Å². The summed E-state index contributed by atoms with van der Waals surface area (Å²) in [7, 11) is 0. The number of rotatable bonds is 5. The molecule has 0 aliphatic heterocycles. The summed E-state index contributed by atoms with van der Waals surface area (Å²) in [6, 6.07) is 21.9.